The lowest BCUT2D eigenvalue weighted by Crippen LogP contribution is -2.50. The van der Waals surface area contributed by atoms with Gasteiger partial charge < -0.3 is 15.2 Å². The molecule has 0 aromatic rings. The maximum Gasteiger partial charge on any atom is 0.0707 e. The molecule has 0 radical (unpaired) electrons. The number of fused-ring (bicyclic) bond motifs is 2. The summed E-state index contributed by atoms with van der Waals surface area (Å²) in [7, 11) is 0. The van der Waals surface area contributed by atoms with Crippen LogP contribution in [0.3, 0.4) is 0 Å². The van der Waals surface area contributed by atoms with Gasteiger partial charge in [-0.2, -0.15) is 0 Å². The summed E-state index contributed by atoms with van der Waals surface area (Å²) < 4.78 is 5.91. The summed E-state index contributed by atoms with van der Waals surface area (Å²) >= 11 is 0. The third-order valence-electron chi connectivity index (χ3n) is 5.03. The second-order valence-corrected chi connectivity index (χ2v) is 6.28. The second-order valence-electron chi connectivity index (χ2n) is 6.28. The lowest BCUT2D eigenvalue weighted by Gasteiger charge is -2.37. The molecule has 2 N–H and O–H groups in total. The van der Waals surface area contributed by atoms with Crippen LogP contribution in [0.4, 0.5) is 0 Å². The number of likely N-dealkylation sites (tertiary alicyclic amines) is 1. The van der Waals surface area contributed by atoms with Crippen LogP contribution in [0.1, 0.15) is 39.0 Å². The van der Waals surface area contributed by atoms with Crippen molar-refractivity contribution in [3.05, 3.63) is 0 Å². The van der Waals surface area contributed by atoms with Crippen LogP contribution in [-0.4, -0.2) is 60.0 Å². The fourth-order valence-electron chi connectivity index (χ4n) is 4.09. The number of rotatable bonds is 4. The van der Waals surface area contributed by atoms with E-state index in [1.807, 2.05) is 0 Å². The zero-order chi connectivity index (χ0) is 12.6. The lowest BCUT2D eigenvalue weighted by atomic mass is 9.98. The van der Waals surface area contributed by atoms with Gasteiger partial charge in [0, 0.05) is 24.7 Å². The van der Waals surface area contributed by atoms with E-state index in [0.717, 1.165) is 32.5 Å². The van der Waals surface area contributed by atoms with Gasteiger partial charge in [0.1, 0.15) is 0 Å². The Labute approximate surface area is 110 Å². The number of aliphatic hydroxyl groups excluding tert-OH is 1. The van der Waals surface area contributed by atoms with Crippen molar-refractivity contribution in [2.24, 2.45) is 0 Å². The molecule has 2 saturated heterocycles. The average molecular weight is 254 g/mol. The van der Waals surface area contributed by atoms with E-state index in [-0.39, 0.29) is 12.1 Å². The highest BCUT2D eigenvalue weighted by molar-refractivity contribution is 5.01. The third-order valence-corrected chi connectivity index (χ3v) is 5.03. The molecule has 4 nitrogen and oxygen atoms in total. The fraction of sp³-hybridized carbons (Fsp3) is 1.00. The van der Waals surface area contributed by atoms with Crippen LogP contribution < -0.4 is 5.32 Å². The predicted molar refractivity (Wildman–Crippen MR) is 70.6 cm³/mol. The highest BCUT2D eigenvalue weighted by Crippen LogP contribution is 2.36. The number of hydrogen-bond donors (Lipinski definition) is 2. The van der Waals surface area contributed by atoms with E-state index in [2.05, 4.69) is 17.1 Å². The number of nitrogens with zero attached hydrogens (tertiary/aromatic N) is 1. The molecule has 0 amide bonds. The van der Waals surface area contributed by atoms with E-state index < -0.39 is 0 Å². The smallest absolute Gasteiger partial charge is 0.0707 e. The minimum absolute atomic E-state index is 0.0171. The van der Waals surface area contributed by atoms with E-state index in [0.29, 0.717) is 18.2 Å². The lowest BCUT2D eigenvalue weighted by molar-refractivity contribution is -0.0530. The third kappa shape index (κ3) is 2.31. The van der Waals surface area contributed by atoms with Crippen molar-refractivity contribution in [2.45, 2.75) is 62.8 Å². The molecule has 3 aliphatic rings. The van der Waals surface area contributed by atoms with Crippen molar-refractivity contribution >= 4 is 0 Å². The summed E-state index contributed by atoms with van der Waals surface area (Å²) in [4.78, 5) is 2.63. The molecule has 18 heavy (non-hydrogen) atoms. The van der Waals surface area contributed by atoms with Crippen molar-refractivity contribution < 1.29 is 9.84 Å². The number of nitrogens with one attached hydrogen (secondary N) is 1. The average Bonchev–Trinajstić information content (AvgIpc) is 2.95. The van der Waals surface area contributed by atoms with E-state index in [9.17, 15) is 5.11 Å². The van der Waals surface area contributed by atoms with Gasteiger partial charge in [-0.25, -0.2) is 0 Å². The normalized spacial score (nSPS) is 44.7. The molecule has 3 fully saturated rings. The maximum atomic E-state index is 9.67. The summed E-state index contributed by atoms with van der Waals surface area (Å²) in [6, 6.07) is 0.642. The van der Waals surface area contributed by atoms with Gasteiger partial charge in [-0.1, -0.05) is 6.92 Å². The quantitative estimate of drug-likeness (QED) is 0.777. The number of likely N-dealkylation sites (N-methyl/N-ethyl adjacent to an activating group) is 1. The van der Waals surface area contributed by atoms with Crippen LogP contribution >= 0.6 is 0 Å². The van der Waals surface area contributed by atoms with Gasteiger partial charge in [-0.15, -0.1) is 0 Å². The van der Waals surface area contributed by atoms with Crippen LogP contribution in [-0.2, 0) is 4.74 Å². The Bertz CT molecular complexity index is 288. The summed E-state index contributed by atoms with van der Waals surface area (Å²) in [6.07, 6.45) is 6.86. The van der Waals surface area contributed by atoms with Gasteiger partial charge in [0.25, 0.3) is 0 Å². The SMILES string of the molecule is CCNC1(CO)CCC(N2CC3CCC(C2)O3)C1. The highest BCUT2D eigenvalue weighted by atomic mass is 16.5. The summed E-state index contributed by atoms with van der Waals surface area (Å²) in [6.45, 7) is 5.56. The zero-order valence-corrected chi connectivity index (χ0v) is 11.4. The Hall–Kier alpha value is -0.160. The summed E-state index contributed by atoms with van der Waals surface area (Å²) in [5.74, 6) is 0. The van der Waals surface area contributed by atoms with Crippen LogP contribution in [0.15, 0.2) is 0 Å². The standard InChI is InChI=1S/C14H26N2O2/c1-2-15-14(10-17)6-5-11(7-14)16-8-12-3-4-13(9-16)18-12/h11-13,15,17H,2-10H2,1H3. The largest absolute Gasteiger partial charge is 0.394 e. The molecule has 1 saturated carbocycles. The molecule has 104 valence electrons. The Morgan fingerprint density at radius 3 is 2.61 bits per heavy atom. The molecule has 4 atom stereocenters. The van der Waals surface area contributed by atoms with Crippen LogP contribution in [0.25, 0.3) is 0 Å². The van der Waals surface area contributed by atoms with E-state index in [4.69, 9.17) is 4.74 Å². The van der Waals surface area contributed by atoms with Crippen LogP contribution in [0.5, 0.6) is 0 Å². The van der Waals surface area contributed by atoms with Gasteiger partial charge in [0.2, 0.25) is 0 Å². The Kier molecular flexibility index (Phi) is 3.63. The zero-order valence-electron chi connectivity index (χ0n) is 11.4. The Morgan fingerprint density at radius 2 is 2.00 bits per heavy atom. The first-order chi connectivity index (χ1) is 8.74. The van der Waals surface area contributed by atoms with Crippen molar-refractivity contribution in [3.8, 4) is 0 Å². The molecule has 2 aliphatic heterocycles. The van der Waals surface area contributed by atoms with Crippen molar-refractivity contribution in [1.29, 1.82) is 0 Å². The van der Waals surface area contributed by atoms with Crippen LogP contribution in [0.2, 0.25) is 0 Å². The molecule has 0 aromatic carbocycles. The second kappa shape index (κ2) is 5.08. The van der Waals surface area contributed by atoms with Gasteiger partial charge in [-0.05, 0) is 38.6 Å². The first kappa shape index (κ1) is 12.9. The molecular weight excluding hydrogens is 228 g/mol. The first-order valence-corrected chi connectivity index (χ1v) is 7.50. The van der Waals surface area contributed by atoms with Crippen molar-refractivity contribution in [2.75, 3.05) is 26.2 Å². The molecule has 0 spiro atoms. The van der Waals surface area contributed by atoms with Gasteiger partial charge in [0.05, 0.1) is 18.8 Å². The fourth-order valence-corrected chi connectivity index (χ4v) is 4.09. The maximum absolute atomic E-state index is 9.67. The number of ether oxygens (including phenoxy) is 1. The molecule has 3 rings (SSSR count). The monoisotopic (exact) mass is 254 g/mol. The molecular formula is C14H26N2O2. The van der Waals surface area contributed by atoms with Crippen molar-refractivity contribution in [3.63, 3.8) is 0 Å². The first-order valence-electron chi connectivity index (χ1n) is 7.50. The molecule has 4 heteroatoms. The van der Waals surface area contributed by atoms with E-state index >= 15 is 0 Å². The minimum Gasteiger partial charge on any atom is -0.394 e. The Morgan fingerprint density at radius 1 is 1.28 bits per heavy atom. The number of hydrogen-bond acceptors (Lipinski definition) is 4. The van der Waals surface area contributed by atoms with Crippen molar-refractivity contribution in [1.82, 2.24) is 10.2 Å². The Balaban J connectivity index is 1.61. The van der Waals surface area contributed by atoms with Gasteiger partial charge in [-0.3, -0.25) is 4.90 Å². The molecule has 4 unspecified atom stereocenters. The molecule has 1 aliphatic carbocycles. The number of morpholine rings is 1. The molecule has 0 aromatic heterocycles. The predicted octanol–water partition coefficient (Wildman–Crippen LogP) is 0.743. The van der Waals surface area contributed by atoms with Gasteiger partial charge >= 0.3 is 0 Å². The summed E-state index contributed by atoms with van der Waals surface area (Å²) in [5.41, 5.74) is -0.0171. The topological polar surface area (TPSA) is 44.7 Å². The summed E-state index contributed by atoms with van der Waals surface area (Å²) in [5, 5.41) is 13.2. The molecule has 2 bridgehead atoms. The minimum atomic E-state index is -0.0171. The number of aliphatic hydroxyl groups is 1. The van der Waals surface area contributed by atoms with E-state index in [1.165, 1.54) is 19.3 Å². The van der Waals surface area contributed by atoms with Gasteiger partial charge in [0.15, 0.2) is 0 Å². The van der Waals surface area contributed by atoms with Crippen LogP contribution in [0, 0.1) is 0 Å². The van der Waals surface area contributed by atoms with E-state index in [1.54, 1.807) is 0 Å². The molecule has 2 heterocycles. The highest BCUT2D eigenvalue weighted by Gasteiger charge is 2.43.